The summed E-state index contributed by atoms with van der Waals surface area (Å²) in [6.45, 7) is 16.1. The van der Waals surface area contributed by atoms with Crippen LogP contribution in [-0.4, -0.2) is 28.2 Å². The summed E-state index contributed by atoms with van der Waals surface area (Å²) in [5.41, 5.74) is 18.4. The van der Waals surface area contributed by atoms with Gasteiger partial charge in [-0.15, -0.1) is 0 Å². The largest absolute Gasteiger partial charge is 0.377 e. The highest BCUT2D eigenvalue weighted by atomic mass is 127. The standard InChI is InChI=1S/C85H101I2N3O2/c1-7-13-19-25-32-74-60-80(86)78(34-27-21-15-9-3)58-76(74)46-42-70-52-68(54-72(56-70)64-91-50-29-23-17-11-5)40-38-66-44-48-82(88-62-66)84-36-31-37-85(90-84)83-49-45-67(63-89-83)39-41-69-53-71(57-73(55-69)65-92-51-30-24-18-12-6)43-47-77-59-79(35-28-22-16-10-4)81(87)61-75(77)33-26-20-14-8-2/h31,36-37,44-45,48-49,52-63H,7-30,32-35,50-51,64-65H2,1-6H3. The van der Waals surface area contributed by atoms with Gasteiger partial charge in [0.25, 0.3) is 0 Å². The van der Waals surface area contributed by atoms with E-state index in [1.807, 2.05) is 54.9 Å². The molecule has 0 amide bonds. The number of hydrogen-bond donors (Lipinski definition) is 0. The first-order valence-corrected chi connectivity index (χ1v) is 37.4. The maximum Gasteiger partial charge on any atom is 0.0894 e. The maximum absolute atomic E-state index is 6.23. The monoisotopic (exact) mass is 1450 g/mol. The lowest BCUT2D eigenvalue weighted by molar-refractivity contribution is 0.116. The van der Waals surface area contributed by atoms with Gasteiger partial charge < -0.3 is 9.47 Å². The van der Waals surface area contributed by atoms with Crippen molar-refractivity contribution in [3.63, 3.8) is 0 Å². The average Bonchev–Trinajstić information content (AvgIpc) is 2.22. The van der Waals surface area contributed by atoms with Gasteiger partial charge in [0.2, 0.25) is 0 Å². The van der Waals surface area contributed by atoms with Crippen LogP contribution in [0.5, 0.6) is 0 Å². The molecule has 5 nitrogen and oxygen atoms in total. The van der Waals surface area contributed by atoms with Gasteiger partial charge in [-0.3, -0.25) is 9.97 Å². The molecule has 0 spiro atoms. The molecule has 4 aromatic carbocycles. The van der Waals surface area contributed by atoms with E-state index in [1.165, 1.54) is 171 Å². The van der Waals surface area contributed by atoms with E-state index >= 15 is 0 Å². The minimum Gasteiger partial charge on any atom is -0.377 e. The van der Waals surface area contributed by atoms with Crippen LogP contribution < -0.4 is 0 Å². The molecular weight excluding hydrogens is 1350 g/mol. The highest BCUT2D eigenvalue weighted by Gasteiger charge is 2.12. The molecule has 0 saturated heterocycles. The van der Waals surface area contributed by atoms with Crippen LogP contribution in [0.4, 0.5) is 0 Å². The number of nitrogens with zero attached hydrogens (tertiary/aromatic N) is 3. The third-order valence-corrected chi connectivity index (χ3v) is 18.7. The predicted molar refractivity (Wildman–Crippen MR) is 405 cm³/mol. The van der Waals surface area contributed by atoms with E-state index in [9.17, 15) is 0 Å². The maximum atomic E-state index is 6.23. The summed E-state index contributed by atoms with van der Waals surface area (Å²) in [6, 6.07) is 36.5. The Labute approximate surface area is 583 Å². The van der Waals surface area contributed by atoms with Gasteiger partial charge in [0, 0.05) is 77.3 Å². The minimum atomic E-state index is 0.526. The molecule has 3 aromatic heterocycles. The fourth-order valence-corrected chi connectivity index (χ4v) is 12.9. The highest BCUT2D eigenvalue weighted by Crippen LogP contribution is 2.27. The van der Waals surface area contributed by atoms with Crippen LogP contribution in [0, 0.1) is 54.5 Å². The molecule has 0 saturated carbocycles. The Kier molecular flexibility index (Phi) is 34.3. The van der Waals surface area contributed by atoms with Crippen molar-refractivity contribution in [2.75, 3.05) is 13.2 Å². The van der Waals surface area contributed by atoms with Crippen molar-refractivity contribution in [2.45, 2.75) is 235 Å². The minimum absolute atomic E-state index is 0.526. The number of halogens is 2. The van der Waals surface area contributed by atoms with Crippen molar-refractivity contribution >= 4 is 45.2 Å². The van der Waals surface area contributed by atoms with Crippen molar-refractivity contribution in [3.8, 4) is 70.1 Å². The van der Waals surface area contributed by atoms with E-state index < -0.39 is 0 Å². The molecule has 7 heteroatoms. The zero-order valence-electron chi connectivity index (χ0n) is 56.5. The Bertz CT molecular complexity index is 3400. The molecule has 0 radical (unpaired) electrons. The van der Waals surface area contributed by atoms with Crippen LogP contribution in [0.3, 0.4) is 0 Å². The van der Waals surface area contributed by atoms with Crippen molar-refractivity contribution in [2.24, 2.45) is 0 Å². The summed E-state index contributed by atoms with van der Waals surface area (Å²) < 4.78 is 15.2. The summed E-state index contributed by atoms with van der Waals surface area (Å²) in [5, 5.41) is 0. The van der Waals surface area contributed by atoms with Crippen molar-refractivity contribution in [1.29, 1.82) is 0 Å². The number of pyridine rings is 3. The Hall–Kier alpha value is -6.05. The normalized spacial score (nSPS) is 10.9. The lowest BCUT2D eigenvalue weighted by Crippen LogP contribution is -1.99. The van der Waals surface area contributed by atoms with Gasteiger partial charge in [-0.25, -0.2) is 4.98 Å². The third-order valence-electron chi connectivity index (χ3n) is 16.7. The van der Waals surface area contributed by atoms with Gasteiger partial charge in [-0.2, -0.15) is 0 Å². The van der Waals surface area contributed by atoms with Gasteiger partial charge in [0.05, 0.1) is 36.0 Å². The molecule has 0 aliphatic heterocycles. The van der Waals surface area contributed by atoms with E-state index in [4.69, 9.17) is 24.4 Å². The number of rotatable bonds is 36. The number of unbranched alkanes of at least 4 members (excludes halogenated alkanes) is 18. The van der Waals surface area contributed by atoms with Gasteiger partial charge >= 0.3 is 0 Å². The third kappa shape index (κ3) is 26.4. The topological polar surface area (TPSA) is 57.1 Å². The van der Waals surface area contributed by atoms with E-state index in [-0.39, 0.29) is 0 Å². The first kappa shape index (κ1) is 73.4. The molecule has 3 heterocycles. The smallest absolute Gasteiger partial charge is 0.0894 e. The quantitative estimate of drug-likeness (QED) is 0.0223. The summed E-state index contributed by atoms with van der Waals surface area (Å²) in [7, 11) is 0. The summed E-state index contributed by atoms with van der Waals surface area (Å²) in [5.74, 6) is 28.3. The van der Waals surface area contributed by atoms with E-state index in [2.05, 4.69) is 195 Å². The van der Waals surface area contributed by atoms with Crippen LogP contribution in [0.15, 0.2) is 116 Å². The second-order valence-electron chi connectivity index (χ2n) is 24.8. The highest BCUT2D eigenvalue weighted by molar-refractivity contribution is 14.1. The zero-order chi connectivity index (χ0) is 64.8. The SMILES string of the molecule is CCCCCCOCc1cc(C#Cc2ccc(-c3cccc(-c4ccc(C#Cc5cc(C#Cc6cc(CCCCCC)c(I)cc6CCCCCC)cc(COCCCCCC)c5)cn4)n3)nc2)cc(C#Cc2cc(CCCCCC)c(I)cc2CCCCCC)c1. The van der Waals surface area contributed by atoms with Crippen molar-refractivity contribution in [3.05, 3.63) is 201 Å². The van der Waals surface area contributed by atoms with Crippen molar-refractivity contribution in [1.82, 2.24) is 15.0 Å². The number of hydrogen-bond acceptors (Lipinski definition) is 5. The van der Waals surface area contributed by atoms with Crippen LogP contribution in [0.1, 0.15) is 274 Å². The molecule has 7 aromatic rings. The lowest BCUT2D eigenvalue weighted by atomic mass is 9.96. The Morgan fingerprint density at radius 3 is 1.00 bits per heavy atom. The molecule has 482 valence electrons. The molecular formula is C85H101I2N3O2. The Morgan fingerprint density at radius 1 is 0.315 bits per heavy atom. The van der Waals surface area contributed by atoms with Crippen LogP contribution >= 0.6 is 45.2 Å². The van der Waals surface area contributed by atoms with Gasteiger partial charge in [0.1, 0.15) is 0 Å². The average molecular weight is 1450 g/mol. The second kappa shape index (κ2) is 43.0. The summed E-state index contributed by atoms with van der Waals surface area (Å²) >= 11 is 5.10. The summed E-state index contributed by atoms with van der Waals surface area (Å²) in [6.07, 6.45) is 37.2. The van der Waals surface area contributed by atoms with E-state index in [0.29, 0.717) is 13.2 Å². The second-order valence-corrected chi connectivity index (χ2v) is 27.1. The first-order chi connectivity index (χ1) is 45.2. The molecule has 0 aliphatic carbocycles. The van der Waals surface area contributed by atoms with Crippen LogP contribution in [0.25, 0.3) is 22.8 Å². The number of benzene rings is 4. The van der Waals surface area contributed by atoms with Crippen LogP contribution in [0.2, 0.25) is 0 Å². The zero-order valence-corrected chi connectivity index (χ0v) is 60.8. The number of aryl methyl sites for hydroxylation is 4. The van der Waals surface area contributed by atoms with Crippen molar-refractivity contribution < 1.29 is 9.47 Å². The van der Waals surface area contributed by atoms with Crippen LogP contribution in [-0.2, 0) is 48.4 Å². The lowest BCUT2D eigenvalue weighted by Gasteiger charge is -2.11. The fourth-order valence-electron chi connectivity index (χ4n) is 11.3. The predicted octanol–water partition coefficient (Wildman–Crippen LogP) is 22.7. The first-order valence-electron chi connectivity index (χ1n) is 35.2. The summed E-state index contributed by atoms with van der Waals surface area (Å²) in [4.78, 5) is 14.8. The molecule has 92 heavy (non-hydrogen) atoms. The number of ether oxygens (including phenoxy) is 2. The fraction of sp³-hybridized carbons (Fsp3) is 0.447. The van der Waals surface area contributed by atoms with Gasteiger partial charge in [-0.1, -0.05) is 211 Å². The molecule has 0 aliphatic rings. The molecule has 7 rings (SSSR count). The molecule has 0 bridgehead atoms. The van der Waals surface area contributed by atoms with E-state index in [0.717, 1.165) is 130 Å². The van der Waals surface area contributed by atoms with Gasteiger partial charge in [0.15, 0.2) is 0 Å². The molecule has 0 fully saturated rings. The van der Waals surface area contributed by atoms with Gasteiger partial charge in [-0.05, 0) is 240 Å². The Balaban J connectivity index is 1.08. The molecule has 0 unspecified atom stereocenters. The number of aromatic nitrogens is 3. The molecule has 0 N–H and O–H groups in total. The molecule has 0 atom stereocenters. The Morgan fingerprint density at radius 2 is 0.652 bits per heavy atom. The van der Waals surface area contributed by atoms with E-state index in [1.54, 1.807) is 0 Å².